The van der Waals surface area contributed by atoms with Gasteiger partial charge in [-0.1, -0.05) is 0 Å². The first-order chi connectivity index (χ1) is 6.72. The zero-order valence-electron chi connectivity index (χ0n) is 7.41. The van der Waals surface area contributed by atoms with Gasteiger partial charge < -0.3 is 5.32 Å². The molecule has 2 aromatic rings. The maximum Gasteiger partial charge on any atom is 0.282 e. The van der Waals surface area contributed by atoms with E-state index in [1.165, 1.54) is 0 Å². The third-order valence-corrected chi connectivity index (χ3v) is 1.87. The van der Waals surface area contributed by atoms with Crippen LogP contribution in [0.2, 0.25) is 0 Å². The molecule has 0 fully saturated rings. The molecule has 0 radical (unpaired) electrons. The lowest BCUT2D eigenvalue weighted by Crippen LogP contribution is -2.01. The second-order valence-corrected chi connectivity index (χ2v) is 2.72. The van der Waals surface area contributed by atoms with Gasteiger partial charge in [0.2, 0.25) is 0 Å². The van der Waals surface area contributed by atoms with Crippen molar-refractivity contribution in [3.8, 4) is 0 Å². The average molecular weight is 198 g/mol. The molecule has 0 amide bonds. The fourth-order valence-corrected chi connectivity index (χ4v) is 1.17. The maximum atomic E-state index is 12.4. The number of rotatable bonds is 2. The molecular formula is C8H8F2N4. The Balaban J connectivity index is 2.63. The van der Waals surface area contributed by atoms with Crippen LogP contribution in [0.4, 0.5) is 14.6 Å². The van der Waals surface area contributed by atoms with Crippen LogP contribution in [-0.2, 0) is 0 Å². The molecule has 14 heavy (non-hydrogen) atoms. The van der Waals surface area contributed by atoms with Crippen molar-refractivity contribution < 1.29 is 8.78 Å². The molecule has 0 spiro atoms. The minimum atomic E-state index is -2.57. The summed E-state index contributed by atoms with van der Waals surface area (Å²) >= 11 is 0. The number of fused-ring (bicyclic) bond motifs is 1. The average Bonchev–Trinajstić information content (AvgIpc) is 2.59. The molecule has 6 heteroatoms. The Labute approximate surface area is 78.6 Å². The van der Waals surface area contributed by atoms with Gasteiger partial charge in [-0.05, 0) is 12.1 Å². The highest BCUT2D eigenvalue weighted by Crippen LogP contribution is 2.19. The van der Waals surface area contributed by atoms with Crippen molar-refractivity contribution in [3.05, 3.63) is 24.0 Å². The SMILES string of the molecule is CNc1ccc2ncc(C(F)F)n2n1. The van der Waals surface area contributed by atoms with Gasteiger partial charge in [0.1, 0.15) is 11.5 Å². The van der Waals surface area contributed by atoms with E-state index in [1.54, 1.807) is 19.2 Å². The van der Waals surface area contributed by atoms with Crippen LogP contribution in [0.25, 0.3) is 5.65 Å². The Hall–Kier alpha value is -1.72. The summed E-state index contributed by atoms with van der Waals surface area (Å²) in [6, 6.07) is 3.31. The smallest absolute Gasteiger partial charge is 0.282 e. The van der Waals surface area contributed by atoms with Crippen molar-refractivity contribution >= 4 is 11.5 Å². The van der Waals surface area contributed by atoms with E-state index in [0.717, 1.165) is 10.7 Å². The zero-order valence-corrected chi connectivity index (χ0v) is 7.41. The summed E-state index contributed by atoms with van der Waals surface area (Å²) in [4.78, 5) is 3.81. The topological polar surface area (TPSA) is 42.2 Å². The van der Waals surface area contributed by atoms with E-state index < -0.39 is 6.43 Å². The summed E-state index contributed by atoms with van der Waals surface area (Å²) in [7, 11) is 1.67. The number of hydrogen-bond acceptors (Lipinski definition) is 3. The predicted molar refractivity (Wildman–Crippen MR) is 47.5 cm³/mol. The van der Waals surface area contributed by atoms with Crippen molar-refractivity contribution in [2.75, 3.05) is 12.4 Å². The lowest BCUT2D eigenvalue weighted by atomic mass is 10.5. The maximum absolute atomic E-state index is 12.4. The Morgan fingerprint density at radius 1 is 1.43 bits per heavy atom. The van der Waals surface area contributed by atoms with Gasteiger partial charge in [-0.15, -0.1) is 5.10 Å². The summed E-state index contributed by atoms with van der Waals surface area (Å²) in [6.07, 6.45) is -1.43. The molecule has 74 valence electrons. The summed E-state index contributed by atoms with van der Waals surface area (Å²) in [6.45, 7) is 0. The van der Waals surface area contributed by atoms with Crippen LogP contribution in [-0.4, -0.2) is 21.6 Å². The molecule has 2 heterocycles. The molecule has 0 aromatic carbocycles. The van der Waals surface area contributed by atoms with Gasteiger partial charge in [-0.2, -0.15) is 0 Å². The first-order valence-electron chi connectivity index (χ1n) is 4.03. The molecule has 1 N–H and O–H groups in total. The molecule has 0 saturated carbocycles. The largest absolute Gasteiger partial charge is 0.372 e. The Morgan fingerprint density at radius 3 is 2.86 bits per heavy atom. The molecule has 0 atom stereocenters. The molecule has 2 aromatic heterocycles. The number of aromatic nitrogens is 3. The molecule has 4 nitrogen and oxygen atoms in total. The number of nitrogens with one attached hydrogen (secondary N) is 1. The molecular weight excluding hydrogens is 190 g/mol. The lowest BCUT2D eigenvalue weighted by Gasteiger charge is -2.01. The van der Waals surface area contributed by atoms with Crippen LogP contribution >= 0.6 is 0 Å². The van der Waals surface area contributed by atoms with Crippen molar-refractivity contribution in [2.45, 2.75) is 6.43 Å². The number of halogens is 2. The summed E-state index contributed by atoms with van der Waals surface area (Å²) in [5.74, 6) is 0.525. The van der Waals surface area contributed by atoms with Crippen molar-refractivity contribution in [3.63, 3.8) is 0 Å². The fourth-order valence-electron chi connectivity index (χ4n) is 1.17. The number of nitrogens with zero attached hydrogens (tertiary/aromatic N) is 3. The molecule has 0 bridgehead atoms. The van der Waals surface area contributed by atoms with E-state index in [4.69, 9.17) is 0 Å². The highest BCUT2D eigenvalue weighted by Gasteiger charge is 2.14. The second-order valence-electron chi connectivity index (χ2n) is 2.72. The zero-order chi connectivity index (χ0) is 10.1. The molecule has 0 aliphatic rings. The summed E-state index contributed by atoms with van der Waals surface area (Å²) < 4.78 is 26.0. The highest BCUT2D eigenvalue weighted by atomic mass is 19.3. The monoisotopic (exact) mass is 198 g/mol. The highest BCUT2D eigenvalue weighted by molar-refractivity contribution is 5.45. The predicted octanol–water partition coefficient (Wildman–Crippen LogP) is 1.71. The third kappa shape index (κ3) is 1.28. The summed E-state index contributed by atoms with van der Waals surface area (Å²) in [5.41, 5.74) is 0.219. The van der Waals surface area contributed by atoms with Gasteiger partial charge in [0.25, 0.3) is 6.43 Å². The number of hydrogen-bond donors (Lipinski definition) is 1. The molecule has 0 aliphatic carbocycles. The molecule has 0 unspecified atom stereocenters. The van der Waals surface area contributed by atoms with E-state index in [-0.39, 0.29) is 5.69 Å². The minimum Gasteiger partial charge on any atom is -0.372 e. The van der Waals surface area contributed by atoms with E-state index in [0.29, 0.717) is 11.5 Å². The quantitative estimate of drug-likeness (QED) is 0.798. The van der Waals surface area contributed by atoms with Gasteiger partial charge in [-0.25, -0.2) is 18.3 Å². The molecule has 0 aliphatic heterocycles. The number of imidazole rings is 1. The second kappa shape index (κ2) is 3.21. The normalized spacial score (nSPS) is 11.1. The van der Waals surface area contributed by atoms with Gasteiger partial charge in [0, 0.05) is 7.05 Å². The van der Waals surface area contributed by atoms with Crippen LogP contribution in [0.5, 0.6) is 0 Å². The van der Waals surface area contributed by atoms with Crippen LogP contribution < -0.4 is 5.32 Å². The van der Waals surface area contributed by atoms with E-state index in [1.807, 2.05) is 0 Å². The number of anilines is 1. The minimum absolute atomic E-state index is 0.197. The van der Waals surface area contributed by atoms with Gasteiger partial charge in [-0.3, -0.25) is 0 Å². The number of alkyl halides is 2. The van der Waals surface area contributed by atoms with Crippen molar-refractivity contribution in [1.29, 1.82) is 0 Å². The lowest BCUT2D eigenvalue weighted by molar-refractivity contribution is 0.143. The summed E-state index contributed by atoms with van der Waals surface area (Å²) in [5, 5.41) is 6.71. The third-order valence-electron chi connectivity index (χ3n) is 1.87. The van der Waals surface area contributed by atoms with Gasteiger partial charge >= 0.3 is 0 Å². The molecule has 2 rings (SSSR count). The van der Waals surface area contributed by atoms with E-state index >= 15 is 0 Å². The van der Waals surface area contributed by atoms with E-state index in [2.05, 4.69) is 15.4 Å². The Morgan fingerprint density at radius 2 is 2.21 bits per heavy atom. The van der Waals surface area contributed by atoms with Gasteiger partial charge in [0.15, 0.2) is 5.65 Å². The van der Waals surface area contributed by atoms with Crippen molar-refractivity contribution in [1.82, 2.24) is 14.6 Å². The van der Waals surface area contributed by atoms with E-state index in [9.17, 15) is 8.78 Å². The Kier molecular flexibility index (Phi) is 2.03. The van der Waals surface area contributed by atoms with Crippen LogP contribution in [0.3, 0.4) is 0 Å². The van der Waals surface area contributed by atoms with Crippen LogP contribution in [0, 0.1) is 0 Å². The van der Waals surface area contributed by atoms with Crippen molar-refractivity contribution in [2.24, 2.45) is 0 Å². The first-order valence-corrected chi connectivity index (χ1v) is 4.03. The fraction of sp³-hybridized carbons (Fsp3) is 0.250. The molecule has 0 saturated heterocycles. The first kappa shape index (κ1) is 8.86. The van der Waals surface area contributed by atoms with Gasteiger partial charge in [0.05, 0.1) is 6.20 Å². The van der Waals surface area contributed by atoms with Crippen LogP contribution in [0.1, 0.15) is 12.1 Å². The standard InChI is InChI=1S/C8H8F2N4/c1-11-6-2-3-7-12-4-5(8(9)10)14(7)13-6/h2-4,8H,1H3,(H,11,13). The Bertz CT molecular complexity index is 452. The van der Waals surface area contributed by atoms with Crippen LogP contribution in [0.15, 0.2) is 18.3 Å².